The molecule has 0 saturated carbocycles. The molecule has 0 unspecified atom stereocenters. The van der Waals surface area contributed by atoms with Crippen molar-refractivity contribution >= 4 is 0 Å². The summed E-state index contributed by atoms with van der Waals surface area (Å²) in [5.41, 5.74) is 6.13. The van der Waals surface area contributed by atoms with Crippen molar-refractivity contribution in [3.05, 3.63) is 0 Å². The van der Waals surface area contributed by atoms with E-state index < -0.39 is 0 Å². The Bertz CT molecular complexity index is 106. The molecule has 0 heterocycles. The van der Waals surface area contributed by atoms with E-state index in [4.69, 9.17) is 5.73 Å². The van der Waals surface area contributed by atoms with Crippen LogP contribution in [0.3, 0.4) is 0 Å². The van der Waals surface area contributed by atoms with Gasteiger partial charge in [-0.05, 0) is 25.3 Å². The first kappa shape index (κ1) is 11.9. The summed E-state index contributed by atoms with van der Waals surface area (Å²) in [4.78, 5) is 0. The lowest BCUT2D eigenvalue weighted by Crippen LogP contribution is -2.48. The van der Waals surface area contributed by atoms with Crippen LogP contribution in [-0.2, 0) is 0 Å². The van der Waals surface area contributed by atoms with Gasteiger partial charge < -0.3 is 11.1 Å². The van der Waals surface area contributed by atoms with E-state index in [0.717, 1.165) is 25.9 Å². The van der Waals surface area contributed by atoms with E-state index in [0.29, 0.717) is 5.92 Å². The minimum atomic E-state index is 0.00882. The van der Waals surface area contributed by atoms with Crippen molar-refractivity contribution < 1.29 is 0 Å². The molecule has 0 aliphatic carbocycles. The van der Waals surface area contributed by atoms with Gasteiger partial charge in [-0.3, -0.25) is 0 Å². The van der Waals surface area contributed by atoms with E-state index in [9.17, 15) is 0 Å². The highest BCUT2D eigenvalue weighted by Crippen LogP contribution is 2.09. The van der Waals surface area contributed by atoms with Crippen molar-refractivity contribution in [3.8, 4) is 0 Å². The molecule has 74 valence electrons. The maximum atomic E-state index is 6.12. The van der Waals surface area contributed by atoms with Crippen LogP contribution in [0.25, 0.3) is 0 Å². The third kappa shape index (κ3) is 4.73. The van der Waals surface area contributed by atoms with Crippen LogP contribution < -0.4 is 11.1 Å². The Morgan fingerprint density at radius 3 is 2.08 bits per heavy atom. The van der Waals surface area contributed by atoms with E-state index in [2.05, 4.69) is 33.0 Å². The standard InChI is InChI=1S/C10H24N2/c1-5-10(11,6-2)8-12-7-9(3)4/h9,12H,5-8,11H2,1-4H3. The van der Waals surface area contributed by atoms with E-state index in [1.54, 1.807) is 0 Å². The Balaban J connectivity index is 3.58. The van der Waals surface area contributed by atoms with Gasteiger partial charge in [0.1, 0.15) is 0 Å². The van der Waals surface area contributed by atoms with E-state index in [1.165, 1.54) is 0 Å². The molecule has 0 aromatic rings. The minimum Gasteiger partial charge on any atom is -0.324 e. The quantitative estimate of drug-likeness (QED) is 0.640. The largest absolute Gasteiger partial charge is 0.324 e. The average molecular weight is 172 g/mol. The van der Waals surface area contributed by atoms with Crippen LogP contribution in [-0.4, -0.2) is 18.6 Å². The second-order valence-electron chi connectivity index (χ2n) is 4.09. The van der Waals surface area contributed by atoms with Crippen LogP contribution in [0.15, 0.2) is 0 Å². The Kier molecular flexibility index (Phi) is 5.51. The van der Waals surface area contributed by atoms with Crippen LogP contribution in [0.1, 0.15) is 40.5 Å². The Morgan fingerprint density at radius 1 is 1.25 bits per heavy atom. The van der Waals surface area contributed by atoms with Crippen LogP contribution in [0.5, 0.6) is 0 Å². The number of nitrogens with two attached hydrogens (primary N) is 1. The maximum absolute atomic E-state index is 6.12. The topological polar surface area (TPSA) is 38.0 Å². The predicted molar refractivity (Wildman–Crippen MR) is 55.2 cm³/mol. The third-order valence-electron chi connectivity index (χ3n) is 2.44. The predicted octanol–water partition coefficient (Wildman–Crippen LogP) is 1.75. The summed E-state index contributed by atoms with van der Waals surface area (Å²) in [6, 6.07) is 0. The summed E-state index contributed by atoms with van der Waals surface area (Å²) >= 11 is 0. The van der Waals surface area contributed by atoms with Gasteiger partial charge in [0, 0.05) is 12.1 Å². The summed E-state index contributed by atoms with van der Waals surface area (Å²) in [7, 11) is 0. The molecule has 0 aliphatic heterocycles. The molecule has 0 fully saturated rings. The van der Waals surface area contributed by atoms with E-state index in [1.807, 2.05) is 0 Å². The second-order valence-corrected chi connectivity index (χ2v) is 4.09. The highest BCUT2D eigenvalue weighted by atomic mass is 14.9. The van der Waals surface area contributed by atoms with E-state index in [-0.39, 0.29) is 5.54 Å². The molecule has 0 aromatic heterocycles. The van der Waals surface area contributed by atoms with Crippen molar-refractivity contribution in [3.63, 3.8) is 0 Å². The Morgan fingerprint density at radius 2 is 1.75 bits per heavy atom. The summed E-state index contributed by atoms with van der Waals surface area (Å²) in [6.07, 6.45) is 2.10. The van der Waals surface area contributed by atoms with E-state index >= 15 is 0 Å². The van der Waals surface area contributed by atoms with Crippen LogP contribution in [0, 0.1) is 5.92 Å². The number of hydrogen-bond acceptors (Lipinski definition) is 2. The molecule has 3 N–H and O–H groups in total. The smallest absolute Gasteiger partial charge is 0.0275 e. The molecule has 2 heteroatoms. The van der Waals surface area contributed by atoms with Gasteiger partial charge in [-0.15, -0.1) is 0 Å². The Labute approximate surface area is 76.9 Å². The number of hydrogen-bond donors (Lipinski definition) is 2. The molecule has 12 heavy (non-hydrogen) atoms. The van der Waals surface area contributed by atoms with Gasteiger partial charge in [0.25, 0.3) is 0 Å². The Hall–Kier alpha value is -0.0800. The van der Waals surface area contributed by atoms with Crippen molar-refractivity contribution in [2.45, 2.75) is 46.1 Å². The lowest BCUT2D eigenvalue weighted by Gasteiger charge is -2.27. The van der Waals surface area contributed by atoms with Gasteiger partial charge in [-0.1, -0.05) is 27.7 Å². The first-order chi connectivity index (χ1) is 5.54. The van der Waals surface area contributed by atoms with Crippen LogP contribution >= 0.6 is 0 Å². The fraction of sp³-hybridized carbons (Fsp3) is 1.00. The SMILES string of the molecule is CCC(N)(CC)CNCC(C)C. The molecular weight excluding hydrogens is 148 g/mol. The molecule has 2 nitrogen and oxygen atoms in total. The molecule has 0 amide bonds. The van der Waals surface area contributed by atoms with Crippen molar-refractivity contribution in [1.82, 2.24) is 5.32 Å². The molecule has 0 atom stereocenters. The zero-order valence-corrected chi connectivity index (χ0v) is 8.98. The summed E-state index contributed by atoms with van der Waals surface area (Å²) in [5, 5.41) is 3.40. The van der Waals surface area contributed by atoms with Crippen LogP contribution in [0.2, 0.25) is 0 Å². The number of rotatable bonds is 6. The lowest BCUT2D eigenvalue weighted by molar-refractivity contribution is 0.360. The lowest BCUT2D eigenvalue weighted by atomic mass is 9.94. The molecule has 0 bridgehead atoms. The van der Waals surface area contributed by atoms with Crippen molar-refractivity contribution in [1.29, 1.82) is 0 Å². The average Bonchev–Trinajstić information content (AvgIpc) is 2.03. The van der Waals surface area contributed by atoms with Gasteiger partial charge in [0.15, 0.2) is 0 Å². The summed E-state index contributed by atoms with van der Waals surface area (Å²) < 4.78 is 0. The highest BCUT2D eigenvalue weighted by Gasteiger charge is 2.18. The van der Waals surface area contributed by atoms with Crippen LogP contribution in [0.4, 0.5) is 0 Å². The zero-order valence-electron chi connectivity index (χ0n) is 8.98. The van der Waals surface area contributed by atoms with Gasteiger partial charge in [-0.2, -0.15) is 0 Å². The molecule has 0 rings (SSSR count). The van der Waals surface area contributed by atoms with Gasteiger partial charge in [0.05, 0.1) is 0 Å². The molecular formula is C10H24N2. The maximum Gasteiger partial charge on any atom is 0.0275 e. The number of nitrogens with one attached hydrogen (secondary N) is 1. The summed E-state index contributed by atoms with van der Waals surface area (Å²) in [5.74, 6) is 0.711. The molecule has 0 saturated heterocycles. The fourth-order valence-electron chi connectivity index (χ4n) is 1.11. The normalized spacial score (nSPS) is 12.5. The molecule has 0 radical (unpaired) electrons. The first-order valence-electron chi connectivity index (χ1n) is 5.03. The van der Waals surface area contributed by atoms with Gasteiger partial charge in [-0.25, -0.2) is 0 Å². The monoisotopic (exact) mass is 172 g/mol. The zero-order chi connectivity index (χ0) is 9.61. The second kappa shape index (κ2) is 5.55. The van der Waals surface area contributed by atoms with Gasteiger partial charge in [0.2, 0.25) is 0 Å². The van der Waals surface area contributed by atoms with Crippen molar-refractivity contribution in [2.24, 2.45) is 11.7 Å². The third-order valence-corrected chi connectivity index (χ3v) is 2.44. The van der Waals surface area contributed by atoms with Gasteiger partial charge >= 0.3 is 0 Å². The first-order valence-corrected chi connectivity index (χ1v) is 5.03. The summed E-state index contributed by atoms with van der Waals surface area (Å²) in [6.45, 7) is 10.7. The van der Waals surface area contributed by atoms with Crippen molar-refractivity contribution in [2.75, 3.05) is 13.1 Å². The molecule has 0 aliphatic rings. The minimum absolute atomic E-state index is 0.00882. The molecule has 0 spiro atoms. The highest BCUT2D eigenvalue weighted by molar-refractivity contribution is 4.83. The fourth-order valence-corrected chi connectivity index (χ4v) is 1.11. The molecule has 0 aromatic carbocycles.